The molecule has 0 rings (SSSR count). The third-order valence-electron chi connectivity index (χ3n) is 13.4. The van der Waals surface area contributed by atoms with E-state index in [1.807, 2.05) is 21.1 Å². The van der Waals surface area contributed by atoms with Crippen molar-refractivity contribution in [2.75, 3.05) is 47.5 Å². The molecule has 414 valence electrons. The van der Waals surface area contributed by atoms with Crippen molar-refractivity contribution in [2.45, 2.75) is 302 Å². The molecule has 0 saturated heterocycles. The highest BCUT2D eigenvalue weighted by Crippen LogP contribution is 2.38. The minimum absolute atomic E-state index is 0.0295. The molecule has 0 heterocycles. The lowest BCUT2D eigenvalue weighted by Crippen LogP contribution is -2.37. The molecule has 0 fully saturated rings. The molecule has 70 heavy (non-hydrogen) atoms. The van der Waals surface area contributed by atoms with Crippen LogP contribution < -0.4 is 4.89 Å². The summed E-state index contributed by atoms with van der Waals surface area (Å²) in [6.07, 6.45) is 62.7. The maximum absolute atomic E-state index is 12.8. The number of quaternary nitrogens is 1. The van der Waals surface area contributed by atoms with Crippen LogP contribution in [0.1, 0.15) is 296 Å². The number of phosphoric acid groups is 1. The summed E-state index contributed by atoms with van der Waals surface area (Å²) in [4.78, 5) is 37.7. The zero-order valence-corrected chi connectivity index (χ0v) is 47.9. The highest BCUT2D eigenvalue weighted by Gasteiger charge is 2.22. The zero-order valence-electron chi connectivity index (χ0n) is 47.0. The molecule has 0 bridgehead atoms. The first-order valence-electron chi connectivity index (χ1n) is 30.0. The number of unbranched alkanes of at least 4 members (excludes halogenated alkanes) is 38. The van der Waals surface area contributed by atoms with Crippen molar-refractivity contribution in [1.82, 2.24) is 0 Å². The molecular formula is C60H116NO8P. The molecule has 10 heteroatoms. The van der Waals surface area contributed by atoms with E-state index in [2.05, 4.69) is 38.2 Å². The van der Waals surface area contributed by atoms with Crippen molar-refractivity contribution in [2.24, 2.45) is 0 Å². The molecular weight excluding hydrogens is 894 g/mol. The molecule has 0 aromatic heterocycles. The van der Waals surface area contributed by atoms with Gasteiger partial charge in [-0.2, -0.15) is 0 Å². The Bertz CT molecular complexity index is 1240. The van der Waals surface area contributed by atoms with E-state index < -0.39 is 26.5 Å². The molecule has 0 aliphatic rings. The summed E-state index contributed by atoms with van der Waals surface area (Å²) in [5.74, 6) is -0.832. The summed E-state index contributed by atoms with van der Waals surface area (Å²) in [7, 11) is 1.17. The van der Waals surface area contributed by atoms with Gasteiger partial charge in [-0.3, -0.25) is 14.2 Å². The Balaban J connectivity index is 3.89. The summed E-state index contributed by atoms with van der Waals surface area (Å²) in [6.45, 7) is 4.22. The number of phosphoric ester groups is 1. The van der Waals surface area contributed by atoms with Gasteiger partial charge in [0.2, 0.25) is 0 Å². The van der Waals surface area contributed by atoms with E-state index in [1.54, 1.807) is 0 Å². The maximum Gasteiger partial charge on any atom is 0.306 e. The van der Waals surface area contributed by atoms with Gasteiger partial charge in [-0.1, -0.05) is 250 Å². The number of ether oxygens (including phenoxy) is 2. The number of carbonyl (C=O) groups is 2. The van der Waals surface area contributed by atoms with Crippen LogP contribution in [0.15, 0.2) is 24.3 Å². The molecule has 0 N–H and O–H groups in total. The zero-order chi connectivity index (χ0) is 51.3. The second kappa shape index (κ2) is 52.4. The second-order valence-electron chi connectivity index (χ2n) is 21.7. The van der Waals surface area contributed by atoms with E-state index in [-0.39, 0.29) is 32.0 Å². The Labute approximate surface area is 434 Å². The molecule has 0 aromatic rings. The number of carbonyl (C=O) groups excluding carboxylic acids is 2. The van der Waals surface area contributed by atoms with E-state index in [0.29, 0.717) is 17.4 Å². The average Bonchev–Trinajstić information content (AvgIpc) is 3.32. The minimum Gasteiger partial charge on any atom is -0.756 e. The average molecular weight is 1010 g/mol. The van der Waals surface area contributed by atoms with Gasteiger partial charge in [0.05, 0.1) is 27.7 Å². The van der Waals surface area contributed by atoms with Crippen LogP contribution in [0.25, 0.3) is 0 Å². The number of allylic oxidation sites excluding steroid dienone is 4. The van der Waals surface area contributed by atoms with Gasteiger partial charge < -0.3 is 27.9 Å². The predicted octanol–water partition coefficient (Wildman–Crippen LogP) is 18.0. The molecule has 0 amide bonds. The summed E-state index contributed by atoms with van der Waals surface area (Å²) in [5, 5.41) is 0. The SMILES string of the molecule is CCCC/C=C\CCCCCCCC(=O)OCC(COP(=O)([O-])OCC[N+](C)(C)C)OC(=O)CCCCCCCCCCCCCCCCCCCCCCCCC/C=C\CCCCCCCCCC. The number of esters is 2. The van der Waals surface area contributed by atoms with Crippen molar-refractivity contribution in [3.63, 3.8) is 0 Å². The molecule has 0 radical (unpaired) electrons. The lowest BCUT2D eigenvalue weighted by Gasteiger charge is -2.28. The van der Waals surface area contributed by atoms with E-state index in [1.165, 1.54) is 205 Å². The number of nitrogens with zero attached hydrogens (tertiary/aromatic N) is 1. The topological polar surface area (TPSA) is 111 Å². The second-order valence-corrected chi connectivity index (χ2v) is 23.1. The van der Waals surface area contributed by atoms with Gasteiger partial charge >= 0.3 is 11.9 Å². The van der Waals surface area contributed by atoms with Crippen molar-refractivity contribution >= 4 is 19.8 Å². The summed E-state index contributed by atoms with van der Waals surface area (Å²) in [6, 6.07) is 0. The van der Waals surface area contributed by atoms with Crippen LogP contribution in [0.5, 0.6) is 0 Å². The largest absolute Gasteiger partial charge is 0.756 e. The van der Waals surface area contributed by atoms with Crippen LogP contribution in [-0.2, 0) is 32.7 Å². The van der Waals surface area contributed by atoms with Gasteiger partial charge in [0.25, 0.3) is 7.82 Å². The normalized spacial score (nSPS) is 13.4. The van der Waals surface area contributed by atoms with E-state index in [4.69, 9.17) is 18.5 Å². The smallest absolute Gasteiger partial charge is 0.306 e. The van der Waals surface area contributed by atoms with Gasteiger partial charge in [-0.15, -0.1) is 0 Å². The van der Waals surface area contributed by atoms with Gasteiger partial charge in [-0.05, 0) is 57.8 Å². The molecule has 0 spiro atoms. The predicted molar refractivity (Wildman–Crippen MR) is 296 cm³/mol. The molecule has 2 unspecified atom stereocenters. The first-order chi connectivity index (χ1) is 34.0. The number of likely N-dealkylation sites (N-methyl/N-ethyl adjacent to an activating group) is 1. The fourth-order valence-electron chi connectivity index (χ4n) is 8.75. The van der Waals surface area contributed by atoms with Crippen molar-refractivity contribution in [3.8, 4) is 0 Å². The fourth-order valence-corrected chi connectivity index (χ4v) is 9.48. The third-order valence-corrected chi connectivity index (χ3v) is 14.4. The van der Waals surface area contributed by atoms with Gasteiger partial charge in [0.15, 0.2) is 6.10 Å². The highest BCUT2D eigenvalue weighted by molar-refractivity contribution is 7.45. The Kier molecular flexibility index (Phi) is 51.2. The molecule has 0 aromatic carbocycles. The lowest BCUT2D eigenvalue weighted by atomic mass is 10.0. The Hall–Kier alpha value is -1.51. The molecule has 2 atom stereocenters. The van der Waals surface area contributed by atoms with Crippen LogP contribution in [-0.4, -0.2) is 70.0 Å². The van der Waals surface area contributed by atoms with Crippen molar-refractivity contribution in [3.05, 3.63) is 24.3 Å². The first-order valence-corrected chi connectivity index (χ1v) is 31.5. The molecule has 0 saturated carbocycles. The summed E-state index contributed by atoms with van der Waals surface area (Å²) >= 11 is 0. The van der Waals surface area contributed by atoms with Crippen molar-refractivity contribution < 1.29 is 42.1 Å². The van der Waals surface area contributed by atoms with E-state index in [0.717, 1.165) is 57.8 Å². The standard InChI is InChI=1S/C60H116NO8P/c1-6-8-10-12-14-16-18-19-20-21-22-23-24-25-26-27-28-29-30-31-32-33-34-35-36-37-38-39-40-41-43-45-47-49-51-53-60(63)69-58(57-68-70(64,65)67-55-54-61(3,4)5)56-66-59(62)52-50-48-46-44-42-17-15-13-11-9-7-2/h13,15,21-22,58H,6-12,14,16-20,23-57H2,1-5H3/b15-13-,22-21-. The number of hydrogen-bond donors (Lipinski definition) is 0. The van der Waals surface area contributed by atoms with Crippen LogP contribution in [0.2, 0.25) is 0 Å². The third kappa shape index (κ3) is 55.8. The molecule has 0 aliphatic carbocycles. The summed E-state index contributed by atoms with van der Waals surface area (Å²) < 4.78 is 34.0. The van der Waals surface area contributed by atoms with Crippen molar-refractivity contribution in [1.29, 1.82) is 0 Å². The van der Waals surface area contributed by atoms with Gasteiger partial charge in [0.1, 0.15) is 19.8 Å². The first kappa shape index (κ1) is 68.5. The Morgan fingerprint density at radius 1 is 0.429 bits per heavy atom. The molecule has 0 aliphatic heterocycles. The highest BCUT2D eigenvalue weighted by atomic mass is 31.2. The Morgan fingerprint density at radius 2 is 0.743 bits per heavy atom. The van der Waals surface area contributed by atoms with Crippen LogP contribution >= 0.6 is 7.82 Å². The number of hydrogen-bond acceptors (Lipinski definition) is 8. The Morgan fingerprint density at radius 3 is 1.10 bits per heavy atom. The monoisotopic (exact) mass is 1010 g/mol. The van der Waals surface area contributed by atoms with Gasteiger partial charge in [-0.25, -0.2) is 0 Å². The lowest BCUT2D eigenvalue weighted by molar-refractivity contribution is -0.870. The van der Waals surface area contributed by atoms with Gasteiger partial charge in [0, 0.05) is 12.8 Å². The minimum atomic E-state index is -4.63. The van der Waals surface area contributed by atoms with Crippen LogP contribution in [0.4, 0.5) is 0 Å². The molecule has 9 nitrogen and oxygen atoms in total. The van der Waals surface area contributed by atoms with E-state index >= 15 is 0 Å². The fraction of sp³-hybridized carbons (Fsp3) is 0.900. The quantitative estimate of drug-likeness (QED) is 0.0195. The summed E-state index contributed by atoms with van der Waals surface area (Å²) in [5.41, 5.74) is 0. The maximum atomic E-state index is 12.8. The van der Waals surface area contributed by atoms with Crippen LogP contribution in [0.3, 0.4) is 0 Å². The number of rotatable bonds is 56. The van der Waals surface area contributed by atoms with E-state index in [9.17, 15) is 19.0 Å². The van der Waals surface area contributed by atoms with Crippen LogP contribution in [0, 0.1) is 0 Å².